The van der Waals surface area contributed by atoms with Crippen molar-refractivity contribution in [2.75, 3.05) is 10.6 Å². The molecule has 156 valence electrons. The van der Waals surface area contributed by atoms with Crippen LogP contribution in [0.4, 0.5) is 11.6 Å². The predicted molar refractivity (Wildman–Crippen MR) is 124 cm³/mol. The smallest absolute Gasteiger partial charge is 0.180 e. The van der Waals surface area contributed by atoms with Gasteiger partial charge in [-0.05, 0) is 61.4 Å². The van der Waals surface area contributed by atoms with Gasteiger partial charge >= 0.3 is 0 Å². The minimum atomic E-state index is -0.0658. The normalized spacial score (nSPS) is 12.4. The number of hydrogen-bond donors (Lipinski definition) is 2. The molecule has 0 aliphatic heterocycles. The molecule has 32 heavy (non-hydrogen) atoms. The molecule has 0 fully saturated rings. The monoisotopic (exact) mass is 419 g/mol. The zero-order valence-electron chi connectivity index (χ0n) is 17.7. The first-order valence-corrected chi connectivity index (χ1v) is 10.2. The summed E-state index contributed by atoms with van der Waals surface area (Å²) in [5, 5.41) is 24.9. The zero-order valence-corrected chi connectivity index (χ0v) is 17.7. The van der Waals surface area contributed by atoms with Crippen molar-refractivity contribution in [2.45, 2.75) is 25.9 Å². The van der Waals surface area contributed by atoms with E-state index in [0.717, 1.165) is 11.1 Å². The molecule has 2 N–H and O–H groups in total. The Morgan fingerprint density at radius 2 is 1.22 bits per heavy atom. The fourth-order valence-corrected chi connectivity index (χ4v) is 3.36. The van der Waals surface area contributed by atoms with Gasteiger partial charge in [0.15, 0.2) is 17.3 Å². The summed E-state index contributed by atoms with van der Waals surface area (Å²) in [6.07, 6.45) is 1.69. The Morgan fingerprint density at radius 1 is 0.719 bits per heavy atom. The van der Waals surface area contributed by atoms with Crippen LogP contribution in [0.3, 0.4) is 0 Å². The number of rotatable bonds is 6. The third-order valence-electron chi connectivity index (χ3n) is 5.23. The first kappa shape index (κ1) is 20.8. The van der Waals surface area contributed by atoms with Crippen LogP contribution in [-0.2, 0) is 0 Å². The molecular weight excluding hydrogens is 398 g/mol. The van der Waals surface area contributed by atoms with Crippen molar-refractivity contribution < 1.29 is 0 Å². The third kappa shape index (κ3) is 4.48. The number of fused-ring (bicyclic) bond motifs is 1. The zero-order chi connectivity index (χ0) is 22.5. The SMILES string of the molecule is CC(Nc1nc2cccnc2nc1NC(C)c1ccc(C#N)cc1)c1ccc(C#N)cc1. The van der Waals surface area contributed by atoms with Crippen molar-refractivity contribution in [1.82, 2.24) is 15.0 Å². The van der Waals surface area contributed by atoms with Gasteiger partial charge in [0.1, 0.15) is 5.52 Å². The van der Waals surface area contributed by atoms with E-state index in [9.17, 15) is 0 Å². The first-order valence-electron chi connectivity index (χ1n) is 10.2. The molecule has 0 saturated carbocycles. The van der Waals surface area contributed by atoms with Gasteiger partial charge < -0.3 is 10.6 Å². The van der Waals surface area contributed by atoms with Gasteiger partial charge in [0.25, 0.3) is 0 Å². The molecule has 0 bridgehead atoms. The Balaban J connectivity index is 1.65. The van der Waals surface area contributed by atoms with Crippen LogP contribution in [0, 0.1) is 22.7 Å². The molecule has 4 rings (SSSR count). The molecule has 0 radical (unpaired) electrons. The number of nitriles is 2. The standard InChI is InChI=1S/C25H21N7/c1-16(20-9-5-18(14-26)6-10-20)29-24-25(32-23-22(31-24)4-3-13-28-23)30-17(2)21-11-7-19(15-27)8-12-21/h3-13,16-17H,1-2H3,(H,29,31)(H,28,30,32). The lowest BCUT2D eigenvalue weighted by molar-refractivity contribution is 0.853. The molecule has 7 heteroatoms. The van der Waals surface area contributed by atoms with Crippen LogP contribution in [0.5, 0.6) is 0 Å². The minimum absolute atomic E-state index is 0.0584. The topological polar surface area (TPSA) is 110 Å². The molecule has 4 aromatic rings. The average molecular weight is 419 g/mol. The summed E-state index contributed by atoms with van der Waals surface area (Å²) in [4.78, 5) is 13.8. The van der Waals surface area contributed by atoms with Crippen molar-refractivity contribution in [3.05, 3.63) is 89.1 Å². The van der Waals surface area contributed by atoms with E-state index in [0.29, 0.717) is 33.9 Å². The number of pyridine rings is 1. The van der Waals surface area contributed by atoms with E-state index in [1.54, 1.807) is 30.5 Å². The maximum absolute atomic E-state index is 9.03. The highest BCUT2D eigenvalue weighted by molar-refractivity contribution is 5.77. The number of aromatic nitrogens is 3. The average Bonchev–Trinajstić information content (AvgIpc) is 2.84. The lowest BCUT2D eigenvalue weighted by Gasteiger charge is -2.21. The highest BCUT2D eigenvalue weighted by Gasteiger charge is 2.16. The number of nitrogens with zero attached hydrogens (tertiary/aromatic N) is 5. The van der Waals surface area contributed by atoms with Crippen molar-refractivity contribution in [1.29, 1.82) is 10.5 Å². The second kappa shape index (κ2) is 9.11. The van der Waals surface area contributed by atoms with Gasteiger partial charge in [0.05, 0.1) is 35.3 Å². The second-order valence-electron chi connectivity index (χ2n) is 7.47. The summed E-state index contributed by atoms with van der Waals surface area (Å²) in [5.74, 6) is 1.21. The largest absolute Gasteiger partial charge is 0.360 e. The maximum Gasteiger partial charge on any atom is 0.180 e. The Kier molecular flexibility index (Phi) is 5.91. The second-order valence-corrected chi connectivity index (χ2v) is 7.47. The van der Waals surface area contributed by atoms with E-state index in [2.05, 4.69) is 27.8 Å². The maximum atomic E-state index is 9.03. The molecule has 2 aromatic heterocycles. The lowest BCUT2D eigenvalue weighted by Crippen LogP contribution is -2.15. The summed E-state index contributed by atoms with van der Waals surface area (Å²) >= 11 is 0. The van der Waals surface area contributed by atoms with Crippen molar-refractivity contribution >= 4 is 22.8 Å². The van der Waals surface area contributed by atoms with Crippen molar-refractivity contribution in [3.8, 4) is 12.1 Å². The highest BCUT2D eigenvalue weighted by Crippen LogP contribution is 2.28. The summed E-state index contributed by atoms with van der Waals surface area (Å²) in [5.41, 5.74) is 4.55. The Labute approximate surface area is 186 Å². The molecule has 0 spiro atoms. The summed E-state index contributed by atoms with van der Waals surface area (Å²) in [7, 11) is 0. The quantitative estimate of drug-likeness (QED) is 0.446. The number of hydrogen-bond acceptors (Lipinski definition) is 7. The Hall–Kier alpha value is -4.49. The molecule has 2 heterocycles. The van der Waals surface area contributed by atoms with Crippen molar-refractivity contribution in [3.63, 3.8) is 0 Å². The van der Waals surface area contributed by atoms with Gasteiger partial charge in [-0.3, -0.25) is 0 Å². The Bertz CT molecular complexity index is 1210. The third-order valence-corrected chi connectivity index (χ3v) is 5.23. The van der Waals surface area contributed by atoms with Crippen LogP contribution in [-0.4, -0.2) is 15.0 Å². The summed E-state index contributed by atoms with van der Waals surface area (Å²) in [6, 6.07) is 22.8. The van der Waals surface area contributed by atoms with Gasteiger partial charge in [-0.15, -0.1) is 0 Å². The molecule has 0 saturated heterocycles. The molecule has 0 aliphatic carbocycles. The summed E-state index contributed by atoms with van der Waals surface area (Å²) < 4.78 is 0. The van der Waals surface area contributed by atoms with Gasteiger partial charge in [0, 0.05) is 6.20 Å². The van der Waals surface area contributed by atoms with Crippen LogP contribution in [0.2, 0.25) is 0 Å². The van der Waals surface area contributed by atoms with E-state index in [1.165, 1.54) is 0 Å². The lowest BCUT2D eigenvalue weighted by atomic mass is 10.1. The van der Waals surface area contributed by atoms with Crippen molar-refractivity contribution in [2.24, 2.45) is 0 Å². The van der Waals surface area contributed by atoms with Gasteiger partial charge in [-0.1, -0.05) is 24.3 Å². The number of nitrogens with one attached hydrogen (secondary N) is 2. The molecule has 2 unspecified atom stereocenters. The van der Waals surface area contributed by atoms with Crippen LogP contribution in [0.25, 0.3) is 11.2 Å². The molecule has 7 nitrogen and oxygen atoms in total. The van der Waals surface area contributed by atoms with Crippen LogP contribution in [0.15, 0.2) is 66.9 Å². The summed E-state index contributed by atoms with van der Waals surface area (Å²) in [6.45, 7) is 4.06. The van der Waals surface area contributed by atoms with E-state index in [1.807, 2.05) is 50.2 Å². The Morgan fingerprint density at radius 3 is 1.72 bits per heavy atom. The molecule has 2 aromatic carbocycles. The molecular formula is C25H21N7. The van der Waals surface area contributed by atoms with E-state index in [4.69, 9.17) is 20.5 Å². The van der Waals surface area contributed by atoms with Gasteiger partial charge in [0.2, 0.25) is 0 Å². The molecule has 0 aliphatic rings. The first-order chi connectivity index (χ1) is 15.6. The fraction of sp³-hybridized carbons (Fsp3) is 0.160. The fourth-order valence-electron chi connectivity index (χ4n) is 3.36. The van der Waals surface area contributed by atoms with Crippen LogP contribution >= 0.6 is 0 Å². The van der Waals surface area contributed by atoms with Crippen LogP contribution in [0.1, 0.15) is 48.2 Å². The molecule has 0 amide bonds. The van der Waals surface area contributed by atoms with E-state index in [-0.39, 0.29) is 12.1 Å². The van der Waals surface area contributed by atoms with E-state index >= 15 is 0 Å². The van der Waals surface area contributed by atoms with Crippen LogP contribution < -0.4 is 10.6 Å². The van der Waals surface area contributed by atoms with Gasteiger partial charge in [-0.25, -0.2) is 15.0 Å². The predicted octanol–water partition coefficient (Wildman–Crippen LogP) is 5.11. The number of benzene rings is 2. The molecule has 2 atom stereocenters. The van der Waals surface area contributed by atoms with Gasteiger partial charge in [-0.2, -0.15) is 10.5 Å². The number of anilines is 2. The minimum Gasteiger partial charge on any atom is -0.360 e. The van der Waals surface area contributed by atoms with E-state index < -0.39 is 0 Å². The highest BCUT2D eigenvalue weighted by atomic mass is 15.1.